The highest BCUT2D eigenvalue weighted by atomic mass is 16.2. The Bertz CT molecular complexity index is 732. The molecule has 1 aromatic rings. The highest BCUT2D eigenvalue weighted by molar-refractivity contribution is 6.31. The van der Waals surface area contributed by atoms with Crippen molar-refractivity contribution in [2.45, 2.75) is 76.3 Å². The van der Waals surface area contributed by atoms with Gasteiger partial charge in [-0.3, -0.25) is 19.4 Å². The molecule has 0 spiro atoms. The minimum atomic E-state index is -0.419. The van der Waals surface area contributed by atoms with Gasteiger partial charge in [-0.25, -0.2) is 4.79 Å². The number of amides is 4. The lowest BCUT2D eigenvalue weighted by molar-refractivity contribution is -0.139. The van der Waals surface area contributed by atoms with Gasteiger partial charge in [0.05, 0.1) is 0 Å². The standard InChI is InChI=1S/C23H28N2O3/c26-21-20(16-17-10-4-1-5-11-17)22(27)25(19-14-8-3-9-15-19)23(28)24(21)18-12-6-2-7-13-18/h1,4-5,10-11,16,18-19H,2-3,6-9,12-15H2. The van der Waals surface area contributed by atoms with E-state index in [-0.39, 0.29) is 23.7 Å². The summed E-state index contributed by atoms with van der Waals surface area (Å²) < 4.78 is 0. The van der Waals surface area contributed by atoms with E-state index in [1.165, 1.54) is 9.80 Å². The second kappa shape index (κ2) is 8.29. The molecule has 1 saturated heterocycles. The van der Waals surface area contributed by atoms with E-state index >= 15 is 0 Å². The second-order valence-electron chi connectivity index (χ2n) is 8.19. The van der Waals surface area contributed by atoms with Crippen LogP contribution in [-0.4, -0.2) is 39.7 Å². The molecule has 1 aliphatic heterocycles. The van der Waals surface area contributed by atoms with Crippen molar-refractivity contribution in [3.05, 3.63) is 41.5 Å². The fraction of sp³-hybridized carbons (Fsp3) is 0.522. The number of hydrogen-bond donors (Lipinski definition) is 0. The molecule has 3 fully saturated rings. The molecule has 4 rings (SSSR count). The number of benzene rings is 1. The summed E-state index contributed by atoms with van der Waals surface area (Å²) in [6.07, 6.45) is 11.4. The van der Waals surface area contributed by atoms with E-state index in [0.29, 0.717) is 0 Å². The van der Waals surface area contributed by atoms with E-state index in [0.717, 1.165) is 69.8 Å². The molecule has 4 amide bonds. The summed E-state index contributed by atoms with van der Waals surface area (Å²) in [5, 5.41) is 0. The Kier molecular flexibility index (Phi) is 5.60. The molecule has 1 aromatic carbocycles. The topological polar surface area (TPSA) is 57.7 Å². The van der Waals surface area contributed by atoms with Gasteiger partial charge < -0.3 is 0 Å². The molecular formula is C23H28N2O3. The number of nitrogens with zero attached hydrogens (tertiary/aromatic N) is 2. The zero-order valence-electron chi connectivity index (χ0n) is 16.3. The van der Waals surface area contributed by atoms with Gasteiger partial charge in [-0.1, -0.05) is 68.9 Å². The minimum absolute atomic E-state index is 0.0906. The van der Waals surface area contributed by atoms with Gasteiger partial charge in [-0.15, -0.1) is 0 Å². The van der Waals surface area contributed by atoms with Crippen LogP contribution < -0.4 is 0 Å². The quantitative estimate of drug-likeness (QED) is 0.572. The summed E-state index contributed by atoms with van der Waals surface area (Å²) in [7, 11) is 0. The average Bonchev–Trinajstić information content (AvgIpc) is 2.74. The van der Waals surface area contributed by atoms with Crippen molar-refractivity contribution >= 4 is 23.9 Å². The van der Waals surface area contributed by atoms with E-state index < -0.39 is 11.8 Å². The predicted octanol–water partition coefficient (Wildman–Crippen LogP) is 4.53. The molecule has 0 radical (unpaired) electrons. The van der Waals surface area contributed by atoms with E-state index in [2.05, 4.69) is 0 Å². The van der Waals surface area contributed by atoms with Crippen molar-refractivity contribution in [1.82, 2.24) is 9.80 Å². The number of imide groups is 2. The van der Waals surface area contributed by atoms with E-state index in [1.54, 1.807) is 6.08 Å². The highest BCUT2D eigenvalue weighted by Gasteiger charge is 2.47. The minimum Gasteiger partial charge on any atom is -0.268 e. The predicted molar refractivity (Wildman–Crippen MR) is 107 cm³/mol. The Labute approximate surface area is 166 Å². The number of urea groups is 1. The van der Waals surface area contributed by atoms with Gasteiger partial charge in [0.25, 0.3) is 11.8 Å². The normalized spacial score (nSPS) is 22.7. The van der Waals surface area contributed by atoms with Gasteiger partial charge in [0.15, 0.2) is 0 Å². The van der Waals surface area contributed by atoms with Crippen molar-refractivity contribution in [1.29, 1.82) is 0 Å². The Hall–Kier alpha value is -2.43. The third kappa shape index (κ3) is 3.62. The Morgan fingerprint density at radius 3 is 1.61 bits per heavy atom. The molecule has 5 nitrogen and oxygen atoms in total. The molecule has 0 N–H and O–H groups in total. The first kappa shape index (κ1) is 18.9. The van der Waals surface area contributed by atoms with Crippen LogP contribution in [-0.2, 0) is 9.59 Å². The van der Waals surface area contributed by atoms with Crippen LogP contribution in [0.2, 0.25) is 0 Å². The second-order valence-corrected chi connectivity index (χ2v) is 8.19. The van der Waals surface area contributed by atoms with Gasteiger partial charge in [-0.05, 0) is 37.3 Å². The molecule has 1 heterocycles. The molecule has 0 atom stereocenters. The molecular weight excluding hydrogens is 352 g/mol. The molecule has 0 unspecified atom stereocenters. The van der Waals surface area contributed by atoms with Crippen LogP contribution in [0.15, 0.2) is 35.9 Å². The first-order chi connectivity index (χ1) is 13.7. The third-order valence-electron chi connectivity index (χ3n) is 6.30. The summed E-state index contributed by atoms with van der Waals surface area (Å²) in [5.74, 6) is -0.837. The van der Waals surface area contributed by atoms with Crippen LogP contribution in [0.3, 0.4) is 0 Å². The highest BCUT2D eigenvalue weighted by Crippen LogP contribution is 2.33. The van der Waals surface area contributed by atoms with Crippen molar-refractivity contribution in [2.75, 3.05) is 0 Å². The maximum atomic E-state index is 13.3. The number of barbiturate groups is 1. The fourth-order valence-corrected chi connectivity index (χ4v) is 4.80. The lowest BCUT2D eigenvalue weighted by Crippen LogP contribution is -2.62. The lowest BCUT2D eigenvalue weighted by atomic mass is 9.90. The van der Waals surface area contributed by atoms with E-state index in [9.17, 15) is 14.4 Å². The molecule has 148 valence electrons. The Morgan fingerprint density at radius 2 is 1.14 bits per heavy atom. The summed E-state index contributed by atoms with van der Waals surface area (Å²) in [4.78, 5) is 42.7. The first-order valence-corrected chi connectivity index (χ1v) is 10.6. The van der Waals surface area contributed by atoms with E-state index in [4.69, 9.17) is 0 Å². The summed E-state index contributed by atoms with van der Waals surface area (Å²) in [6, 6.07) is 8.84. The maximum absolute atomic E-state index is 13.3. The van der Waals surface area contributed by atoms with Crippen molar-refractivity contribution in [3.63, 3.8) is 0 Å². The smallest absolute Gasteiger partial charge is 0.268 e. The third-order valence-corrected chi connectivity index (χ3v) is 6.30. The van der Waals surface area contributed by atoms with Gasteiger partial charge in [0, 0.05) is 12.1 Å². The SMILES string of the molecule is O=C1C(=Cc2ccccc2)C(=O)N(C2CCCCC2)C(=O)N1C1CCCCC1. The van der Waals surface area contributed by atoms with Crippen molar-refractivity contribution in [2.24, 2.45) is 0 Å². The van der Waals surface area contributed by atoms with Crippen LogP contribution >= 0.6 is 0 Å². The number of carbonyl (C=O) groups is 3. The van der Waals surface area contributed by atoms with Crippen molar-refractivity contribution in [3.8, 4) is 0 Å². The van der Waals surface area contributed by atoms with Crippen LogP contribution in [0.1, 0.15) is 69.8 Å². The number of carbonyl (C=O) groups excluding carboxylic acids is 3. The van der Waals surface area contributed by atoms with Gasteiger partial charge in [-0.2, -0.15) is 0 Å². The zero-order valence-corrected chi connectivity index (χ0v) is 16.3. The average molecular weight is 380 g/mol. The van der Waals surface area contributed by atoms with Crippen LogP contribution in [0.25, 0.3) is 6.08 Å². The largest absolute Gasteiger partial charge is 0.334 e. The molecule has 0 bridgehead atoms. The zero-order chi connectivity index (χ0) is 19.5. The Morgan fingerprint density at radius 1 is 0.679 bits per heavy atom. The van der Waals surface area contributed by atoms with Gasteiger partial charge in [0.1, 0.15) is 5.57 Å². The molecule has 0 aromatic heterocycles. The van der Waals surface area contributed by atoms with Crippen molar-refractivity contribution < 1.29 is 14.4 Å². The summed E-state index contributed by atoms with van der Waals surface area (Å²) in [6.45, 7) is 0. The molecule has 2 aliphatic carbocycles. The molecule has 3 aliphatic rings. The molecule has 2 saturated carbocycles. The lowest BCUT2D eigenvalue weighted by Gasteiger charge is -2.43. The fourth-order valence-electron chi connectivity index (χ4n) is 4.80. The molecule has 5 heteroatoms. The Balaban J connectivity index is 1.72. The number of hydrogen-bond acceptors (Lipinski definition) is 3. The summed E-state index contributed by atoms with van der Waals surface area (Å²) >= 11 is 0. The van der Waals surface area contributed by atoms with E-state index in [1.807, 2.05) is 30.3 Å². The van der Waals surface area contributed by atoms with Gasteiger partial charge >= 0.3 is 6.03 Å². The monoisotopic (exact) mass is 380 g/mol. The van der Waals surface area contributed by atoms with Crippen LogP contribution in [0, 0.1) is 0 Å². The van der Waals surface area contributed by atoms with Crippen LogP contribution in [0.4, 0.5) is 4.79 Å². The first-order valence-electron chi connectivity index (χ1n) is 10.6. The maximum Gasteiger partial charge on any atom is 0.334 e. The molecule has 28 heavy (non-hydrogen) atoms. The van der Waals surface area contributed by atoms with Crippen LogP contribution in [0.5, 0.6) is 0 Å². The van der Waals surface area contributed by atoms with Gasteiger partial charge in [0.2, 0.25) is 0 Å². The number of rotatable bonds is 3. The summed E-state index contributed by atoms with van der Waals surface area (Å²) in [5.41, 5.74) is 0.933.